The maximum atomic E-state index is 13.6. The number of fused-ring (bicyclic) bond motifs is 1. The minimum absolute atomic E-state index is 0.287. The summed E-state index contributed by atoms with van der Waals surface area (Å²) in [6.07, 6.45) is 2.04. The molecule has 0 bridgehead atoms. The highest BCUT2D eigenvalue weighted by Crippen LogP contribution is 2.44. The number of rotatable bonds is 1. The number of aromatic nitrogens is 2. The van der Waals surface area contributed by atoms with Gasteiger partial charge in [0.2, 0.25) is 5.95 Å². The van der Waals surface area contributed by atoms with Crippen molar-refractivity contribution < 1.29 is 4.39 Å². The molecule has 1 saturated carbocycles. The molecular weight excluding hydrogens is 294 g/mol. The van der Waals surface area contributed by atoms with Crippen LogP contribution in [0.1, 0.15) is 24.3 Å². The van der Waals surface area contributed by atoms with Gasteiger partial charge in [-0.1, -0.05) is 11.6 Å². The molecule has 0 spiro atoms. The van der Waals surface area contributed by atoms with E-state index in [1.54, 1.807) is 12.1 Å². The van der Waals surface area contributed by atoms with E-state index in [9.17, 15) is 4.39 Å². The lowest BCUT2D eigenvalue weighted by Crippen LogP contribution is -1.97. The van der Waals surface area contributed by atoms with Crippen LogP contribution in [0.4, 0.5) is 4.39 Å². The summed E-state index contributed by atoms with van der Waals surface area (Å²) in [4.78, 5) is 0. The van der Waals surface area contributed by atoms with Gasteiger partial charge in [0.05, 0.1) is 10.5 Å². The molecule has 2 aromatic rings. The van der Waals surface area contributed by atoms with E-state index >= 15 is 0 Å². The van der Waals surface area contributed by atoms with Crippen LogP contribution in [-0.4, -0.2) is 10.2 Å². The van der Waals surface area contributed by atoms with E-state index < -0.39 is 5.95 Å². The van der Waals surface area contributed by atoms with Crippen LogP contribution in [0.5, 0.6) is 0 Å². The van der Waals surface area contributed by atoms with Crippen LogP contribution < -0.4 is 0 Å². The summed E-state index contributed by atoms with van der Waals surface area (Å²) in [7, 11) is 0. The average molecular weight is 302 g/mol. The molecule has 82 valence electrons. The zero-order chi connectivity index (χ0) is 11.3. The summed E-state index contributed by atoms with van der Waals surface area (Å²) in [5.74, 6) is -0.177. The van der Waals surface area contributed by atoms with E-state index in [4.69, 9.17) is 11.6 Å². The molecule has 1 heterocycles. The number of benzene rings is 1. The van der Waals surface area contributed by atoms with Crippen molar-refractivity contribution in [3.05, 3.63) is 33.1 Å². The van der Waals surface area contributed by atoms with Gasteiger partial charge in [-0.2, -0.15) is 4.39 Å². The Balaban J connectivity index is 2.37. The largest absolute Gasteiger partial charge is 0.237 e. The van der Waals surface area contributed by atoms with E-state index in [0.29, 0.717) is 16.1 Å². The van der Waals surface area contributed by atoms with Crippen LogP contribution in [0, 0.1) is 5.95 Å². The van der Waals surface area contributed by atoms with Gasteiger partial charge in [-0.25, -0.2) is 0 Å². The van der Waals surface area contributed by atoms with E-state index in [1.165, 1.54) is 0 Å². The zero-order valence-corrected chi connectivity index (χ0v) is 10.5. The van der Waals surface area contributed by atoms with Crippen molar-refractivity contribution in [2.24, 2.45) is 0 Å². The molecule has 1 aliphatic carbocycles. The fourth-order valence-electron chi connectivity index (χ4n) is 1.86. The molecule has 0 saturated heterocycles. The Morgan fingerprint density at radius 2 is 2.06 bits per heavy atom. The smallest absolute Gasteiger partial charge is 0.183 e. The van der Waals surface area contributed by atoms with Crippen molar-refractivity contribution in [3.63, 3.8) is 0 Å². The Kier molecular flexibility index (Phi) is 2.37. The van der Waals surface area contributed by atoms with Crippen LogP contribution in [-0.2, 0) is 0 Å². The van der Waals surface area contributed by atoms with Gasteiger partial charge in [0, 0.05) is 15.4 Å². The Morgan fingerprint density at radius 3 is 2.75 bits per heavy atom. The first-order valence-corrected chi connectivity index (χ1v) is 6.14. The van der Waals surface area contributed by atoms with Crippen LogP contribution in [0.15, 0.2) is 16.6 Å². The standard InChI is InChI=1S/C11H7BrClFN2/c12-7-4-9-6(3-8(7)13)10(5-1-2-5)11(14)16-15-9/h3-5H,1-2H2. The molecule has 0 amide bonds. The Morgan fingerprint density at radius 1 is 1.31 bits per heavy atom. The maximum absolute atomic E-state index is 13.6. The molecule has 1 fully saturated rings. The van der Waals surface area contributed by atoms with Crippen LogP contribution in [0.2, 0.25) is 5.02 Å². The van der Waals surface area contributed by atoms with Gasteiger partial charge in [-0.15, -0.1) is 10.2 Å². The van der Waals surface area contributed by atoms with Crippen molar-refractivity contribution in [1.29, 1.82) is 0 Å². The highest BCUT2D eigenvalue weighted by Gasteiger charge is 2.29. The van der Waals surface area contributed by atoms with E-state index in [-0.39, 0.29) is 5.92 Å². The SMILES string of the molecule is Fc1nnc2cc(Br)c(Cl)cc2c1C1CC1. The van der Waals surface area contributed by atoms with Gasteiger partial charge in [-0.3, -0.25) is 0 Å². The van der Waals surface area contributed by atoms with Crippen LogP contribution in [0.3, 0.4) is 0 Å². The first-order valence-electron chi connectivity index (χ1n) is 4.97. The van der Waals surface area contributed by atoms with Gasteiger partial charge in [0.15, 0.2) is 0 Å². The minimum Gasteiger partial charge on any atom is -0.183 e. The van der Waals surface area contributed by atoms with E-state index in [2.05, 4.69) is 26.1 Å². The van der Waals surface area contributed by atoms with Crippen molar-refractivity contribution in [1.82, 2.24) is 10.2 Å². The lowest BCUT2D eigenvalue weighted by molar-refractivity contribution is 0.553. The summed E-state index contributed by atoms with van der Waals surface area (Å²) in [6, 6.07) is 3.53. The Bertz CT molecular complexity index is 584. The normalized spacial score (nSPS) is 15.7. The highest BCUT2D eigenvalue weighted by molar-refractivity contribution is 9.10. The zero-order valence-electron chi connectivity index (χ0n) is 8.17. The van der Waals surface area contributed by atoms with Crippen LogP contribution in [0.25, 0.3) is 10.9 Å². The number of hydrogen-bond acceptors (Lipinski definition) is 2. The molecule has 3 rings (SSSR count). The first-order chi connectivity index (χ1) is 7.66. The van der Waals surface area contributed by atoms with Crippen molar-refractivity contribution >= 4 is 38.4 Å². The molecule has 0 N–H and O–H groups in total. The maximum Gasteiger partial charge on any atom is 0.237 e. The molecule has 0 radical (unpaired) electrons. The second-order valence-corrected chi connectivity index (χ2v) is 5.22. The summed E-state index contributed by atoms with van der Waals surface area (Å²) in [5, 5.41) is 8.75. The number of hydrogen-bond donors (Lipinski definition) is 0. The fraction of sp³-hybridized carbons (Fsp3) is 0.273. The van der Waals surface area contributed by atoms with Crippen molar-refractivity contribution in [2.45, 2.75) is 18.8 Å². The summed E-state index contributed by atoms with van der Waals surface area (Å²) < 4.78 is 14.4. The third-order valence-corrected chi connectivity index (χ3v) is 3.98. The van der Waals surface area contributed by atoms with Gasteiger partial charge < -0.3 is 0 Å². The van der Waals surface area contributed by atoms with Gasteiger partial charge in [0.1, 0.15) is 0 Å². The third kappa shape index (κ3) is 1.60. The first kappa shape index (κ1) is 10.4. The van der Waals surface area contributed by atoms with Crippen LogP contribution >= 0.6 is 27.5 Å². The molecule has 1 aliphatic rings. The van der Waals surface area contributed by atoms with Gasteiger partial charge in [-0.05, 0) is 46.8 Å². The number of halogens is 3. The molecule has 0 atom stereocenters. The summed E-state index contributed by atoms with van der Waals surface area (Å²) in [5.41, 5.74) is 1.35. The summed E-state index contributed by atoms with van der Waals surface area (Å²) in [6.45, 7) is 0. The monoisotopic (exact) mass is 300 g/mol. The van der Waals surface area contributed by atoms with Gasteiger partial charge >= 0.3 is 0 Å². The topological polar surface area (TPSA) is 25.8 Å². The second kappa shape index (κ2) is 3.64. The predicted octanol–water partition coefficient (Wildman–Crippen LogP) is 4.06. The Hall–Kier alpha value is -0.740. The Labute approximate surface area is 105 Å². The fourth-order valence-corrected chi connectivity index (χ4v) is 2.35. The third-order valence-electron chi connectivity index (χ3n) is 2.78. The van der Waals surface area contributed by atoms with Crippen molar-refractivity contribution in [3.8, 4) is 0 Å². The molecule has 0 unspecified atom stereocenters. The molecular formula is C11H7BrClFN2. The lowest BCUT2D eigenvalue weighted by atomic mass is 10.1. The predicted molar refractivity (Wildman–Crippen MR) is 64.2 cm³/mol. The molecule has 5 heteroatoms. The lowest BCUT2D eigenvalue weighted by Gasteiger charge is -2.06. The minimum atomic E-state index is -0.464. The van der Waals surface area contributed by atoms with Crippen molar-refractivity contribution in [2.75, 3.05) is 0 Å². The summed E-state index contributed by atoms with van der Waals surface area (Å²) >= 11 is 9.34. The number of nitrogens with zero attached hydrogens (tertiary/aromatic N) is 2. The average Bonchev–Trinajstić information content (AvgIpc) is 3.04. The molecule has 1 aromatic carbocycles. The van der Waals surface area contributed by atoms with E-state index in [0.717, 1.165) is 22.7 Å². The van der Waals surface area contributed by atoms with Gasteiger partial charge in [0.25, 0.3) is 0 Å². The van der Waals surface area contributed by atoms with E-state index in [1.807, 2.05) is 0 Å². The molecule has 0 aliphatic heterocycles. The molecule has 2 nitrogen and oxygen atoms in total. The molecule has 16 heavy (non-hydrogen) atoms. The molecule has 1 aromatic heterocycles. The quantitative estimate of drug-likeness (QED) is 0.794. The highest BCUT2D eigenvalue weighted by atomic mass is 79.9. The second-order valence-electron chi connectivity index (χ2n) is 3.96.